The van der Waals surface area contributed by atoms with Crippen molar-refractivity contribution >= 4 is 17.6 Å². The first-order valence-corrected chi connectivity index (χ1v) is 7.98. The summed E-state index contributed by atoms with van der Waals surface area (Å²) in [6, 6.07) is 1.42. The van der Waals surface area contributed by atoms with Gasteiger partial charge in [0.05, 0.1) is 6.26 Å². The molecule has 2 aromatic rings. The standard InChI is InChI=1S/C17H21N3O6/c1-9(2)7-20-14(18)13(15(22)19(4)17(20)24)12(21)8-26-16(23)11-5-6-25-10(11)3/h5-6,9H,7-8,18H2,1-4H3. The second-order valence-corrected chi connectivity index (χ2v) is 6.30. The number of nitrogens with two attached hydrogens (primary N) is 1. The maximum absolute atomic E-state index is 12.4. The number of carbonyl (C=O) groups is 2. The van der Waals surface area contributed by atoms with E-state index in [1.807, 2.05) is 13.8 Å². The molecule has 0 aliphatic heterocycles. The summed E-state index contributed by atoms with van der Waals surface area (Å²) in [6.07, 6.45) is 1.32. The Balaban J connectivity index is 2.32. The van der Waals surface area contributed by atoms with Gasteiger partial charge in [-0.05, 0) is 18.9 Å². The molecule has 0 fully saturated rings. The molecular weight excluding hydrogens is 342 g/mol. The van der Waals surface area contributed by atoms with E-state index >= 15 is 0 Å². The topological polar surface area (TPSA) is 127 Å². The zero-order valence-electron chi connectivity index (χ0n) is 15.1. The normalized spacial score (nSPS) is 11.0. The summed E-state index contributed by atoms with van der Waals surface area (Å²) < 4.78 is 11.9. The first-order chi connectivity index (χ1) is 12.1. The summed E-state index contributed by atoms with van der Waals surface area (Å²) >= 11 is 0. The fraction of sp³-hybridized carbons (Fsp3) is 0.412. The minimum Gasteiger partial charge on any atom is -0.469 e. The zero-order chi connectivity index (χ0) is 19.6. The Morgan fingerprint density at radius 1 is 1.31 bits per heavy atom. The number of furan rings is 1. The smallest absolute Gasteiger partial charge is 0.342 e. The summed E-state index contributed by atoms with van der Waals surface area (Å²) in [5.41, 5.74) is 4.28. The van der Waals surface area contributed by atoms with Gasteiger partial charge in [-0.15, -0.1) is 0 Å². The molecule has 0 aliphatic carbocycles. The summed E-state index contributed by atoms with van der Waals surface area (Å²) in [5.74, 6) is -1.35. The summed E-state index contributed by atoms with van der Waals surface area (Å²) in [7, 11) is 1.26. The molecule has 2 N–H and O–H groups in total. The van der Waals surface area contributed by atoms with Crippen molar-refractivity contribution < 1.29 is 18.7 Å². The van der Waals surface area contributed by atoms with E-state index in [1.54, 1.807) is 6.92 Å². The van der Waals surface area contributed by atoms with Crippen molar-refractivity contribution in [1.82, 2.24) is 9.13 Å². The van der Waals surface area contributed by atoms with E-state index < -0.39 is 29.6 Å². The van der Waals surface area contributed by atoms with Crippen molar-refractivity contribution in [3.05, 3.63) is 50.1 Å². The van der Waals surface area contributed by atoms with Crippen LogP contribution in [-0.4, -0.2) is 27.5 Å². The molecule has 2 heterocycles. The predicted octanol–water partition coefficient (Wildman–Crippen LogP) is 0.726. The van der Waals surface area contributed by atoms with Crippen molar-refractivity contribution in [2.24, 2.45) is 13.0 Å². The van der Waals surface area contributed by atoms with E-state index in [0.29, 0.717) is 5.76 Å². The zero-order valence-corrected chi connectivity index (χ0v) is 15.1. The highest BCUT2D eigenvalue weighted by Crippen LogP contribution is 2.12. The first-order valence-electron chi connectivity index (χ1n) is 7.98. The van der Waals surface area contributed by atoms with Gasteiger partial charge in [0.2, 0.25) is 5.78 Å². The number of nitrogen functional groups attached to an aromatic ring is 1. The van der Waals surface area contributed by atoms with E-state index in [2.05, 4.69) is 0 Å². The number of aryl methyl sites for hydroxylation is 1. The van der Waals surface area contributed by atoms with Crippen LogP contribution in [0.1, 0.15) is 40.3 Å². The van der Waals surface area contributed by atoms with Gasteiger partial charge in [-0.1, -0.05) is 13.8 Å². The van der Waals surface area contributed by atoms with Crippen molar-refractivity contribution in [3.63, 3.8) is 0 Å². The molecular formula is C17H21N3O6. The number of carbonyl (C=O) groups excluding carboxylic acids is 2. The van der Waals surface area contributed by atoms with Crippen LogP contribution in [0.3, 0.4) is 0 Å². The average Bonchev–Trinajstić information content (AvgIpc) is 3.00. The molecule has 0 atom stereocenters. The average molecular weight is 363 g/mol. The third-order valence-corrected chi connectivity index (χ3v) is 3.82. The fourth-order valence-electron chi connectivity index (χ4n) is 2.46. The van der Waals surface area contributed by atoms with Crippen molar-refractivity contribution in [2.75, 3.05) is 12.3 Å². The van der Waals surface area contributed by atoms with Gasteiger partial charge in [0.15, 0.2) is 6.61 Å². The van der Waals surface area contributed by atoms with E-state index in [-0.39, 0.29) is 29.4 Å². The number of nitrogens with zero attached hydrogens (tertiary/aromatic N) is 2. The quantitative estimate of drug-likeness (QED) is 0.592. The summed E-state index contributed by atoms with van der Waals surface area (Å²) in [6.45, 7) is 4.88. The van der Waals surface area contributed by atoms with Gasteiger partial charge in [0, 0.05) is 13.6 Å². The van der Waals surface area contributed by atoms with Crippen LogP contribution in [0, 0.1) is 12.8 Å². The van der Waals surface area contributed by atoms with Gasteiger partial charge in [-0.3, -0.25) is 18.7 Å². The number of Topliss-reactive ketones (excluding diaryl/α,β-unsaturated/α-hetero) is 1. The Labute approximate surface area is 149 Å². The van der Waals surface area contributed by atoms with Crippen LogP contribution in [0.5, 0.6) is 0 Å². The third-order valence-electron chi connectivity index (χ3n) is 3.82. The molecule has 2 aromatic heterocycles. The molecule has 2 rings (SSSR count). The molecule has 0 amide bonds. The lowest BCUT2D eigenvalue weighted by atomic mass is 10.1. The van der Waals surface area contributed by atoms with Crippen LogP contribution < -0.4 is 17.0 Å². The van der Waals surface area contributed by atoms with Gasteiger partial charge in [0.1, 0.15) is 22.7 Å². The second kappa shape index (κ2) is 7.42. The first kappa shape index (κ1) is 19.2. The molecule has 0 saturated carbocycles. The monoisotopic (exact) mass is 363 g/mol. The SMILES string of the molecule is Cc1occc1C(=O)OCC(=O)c1c(N)n(CC(C)C)c(=O)n(C)c1=O. The number of esters is 1. The van der Waals surface area contributed by atoms with Crippen LogP contribution in [0.4, 0.5) is 5.82 Å². The van der Waals surface area contributed by atoms with E-state index in [0.717, 1.165) is 4.57 Å². The van der Waals surface area contributed by atoms with E-state index in [4.69, 9.17) is 14.9 Å². The molecule has 0 unspecified atom stereocenters. The van der Waals surface area contributed by atoms with Crippen LogP contribution in [0.25, 0.3) is 0 Å². The molecule has 9 nitrogen and oxygen atoms in total. The van der Waals surface area contributed by atoms with Crippen molar-refractivity contribution in [2.45, 2.75) is 27.3 Å². The van der Waals surface area contributed by atoms with E-state index in [1.165, 1.54) is 23.9 Å². The molecule has 0 saturated heterocycles. The fourth-order valence-corrected chi connectivity index (χ4v) is 2.46. The Bertz CT molecular complexity index is 964. The maximum atomic E-state index is 12.4. The Hall–Kier alpha value is -3.10. The van der Waals surface area contributed by atoms with Crippen LogP contribution in [0.2, 0.25) is 0 Å². The maximum Gasteiger partial charge on any atom is 0.342 e. The molecule has 0 aliphatic rings. The summed E-state index contributed by atoms with van der Waals surface area (Å²) in [5, 5.41) is 0. The number of hydrogen-bond acceptors (Lipinski definition) is 7. The van der Waals surface area contributed by atoms with Gasteiger partial charge in [-0.25, -0.2) is 9.59 Å². The highest BCUT2D eigenvalue weighted by Gasteiger charge is 2.23. The molecule has 140 valence electrons. The largest absolute Gasteiger partial charge is 0.469 e. The lowest BCUT2D eigenvalue weighted by Crippen LogP contribution is -2.43. The minimum absolute atomic E-state index is 0.0670. The molecule has 26 heavy (non-hydrogen) atoms. The molecule has 0 radical (unpaired) electrons. The Morgan fingerprint density at radius 2 is 1.96 bits per heavy atom. The molecule has 9 heteroatoms. The Kier molecular flexibility index (Phi) is 5.49. The van der Waals surface area contributed by atoms with Gasteiger partial charge >= 0.3 is 11.7 Å². The lowest BCUT2D eigenvalue weighted by Gasteiger charge is -2.16. The van der Waals surface area contributed by atoms with E-state index in [9.17, 15) is 19.2 Å². The number of rotatable bonds is 6. The highest BCUT2D eigenvalue weighted by atomic mass is 16.5. The number of ether oxygens (including phenoxy) is 1. The molecule has 0 bridgehead atoms. The number of aromatic nitrogens is 2. The Morgan fingerprint density at radius 3 is 2.50 bits per heavy atom. The van der Waals surface area contributed by atoms with Crippen molar-refractivity contribution in [3.8, 4) is 0 Å². The number of hydrogen-bond donors (Lipinski definition) is 1. The predicted molar refractivity (Wildman–Crippen MR) is 93.3 cm³/mol. The van der Waals surface area contributed by atoms with Crippen molar-refractivity contribution in [1.29, 1.82) is 0 Å². The van der Waals surface area contributed by atoms with Gasteiger partial charge in [0.25, 0.3) is 5.56 Å². The number of ketones is 1. The van der Waals surface area contributed by atoms with Gasteiger partial charge in [-0.2, -0.15) is 0 Å². The van der Waals surface area contributed by atoms with Gasteiger partial charge < -0.3 is 14.9 Å². The second-order valence-electron chi connectivity index (χ2n) is 6.30. The number of anilines is 1. The third kappa shape index (κ3) is 3.61. The molecule has 0 spiro atoms. The highest BCUT2D eigenvalue weighted by molar-refractivity contribution is 6.02. The van der Waals surface area contributed by atoms with Crippen LogP contribution in [-0.2, 0) is 18.3 Å². The van der Waals surface area contributed by atoms with Crippen LogP contribution in [0.15, 0.2) is 26.3 Å². The lowest BCUT2D eigenvalue weighted by molar-refractivity contribution is 0.0472. The molecule has 0 aromatic carbocycles. The van der Waals surface area contributed by atoms with Crippen LogP contribution >= 0.6 is 0 Å². The minimum atomic E-state index is -0.826. The summed E-state index contributed by atoms with van der Waals surface area (Å²) in [4.78, 5) is 48.9.